The van der Waals surface area contributed by atoms with Crippen LogP contribution in [0, 0.1) is 5.82 Å². The Kier molecular flexibility index (Phi) is 3.41. The van der Waals surface area contributed by atoms with Gasteiger partial charge in [0.2, 0.25) is 0 Å². The van der Waals surface area contributed by atoms with Gasteiger partial charge in [0.1, 0.15) is 11.6 Å². The number of rotatable bonds is 3. The van der Waals surface area contributed by atoms with Gasteiger partial charge in [-0.1, -0.05) is 0 Å². The van der Waals surface area contributed by atoms with Crippen LogP contribution >= 0.6 is 0 Å². The molecule has 1 aromatic carbocycles. The van der Waals surface area contributed by atoms with Gasteiger partial charge in [0.05, 0.1) is 19.8 Å². The Balaban J connectivity index is 3.30. The lowest BCUT2D eigenvalue weighted by Crippen LogP contribution is -2.28. The second-order valence-corrected chi connectivity index (χ2v) is 2.91. The summed E-state index contributed by atoms with van der Waals surface area (Å²) in [5.41, 5.74) is -0.859. The van der Waals surface area contributed by atoms with Crippen molar-refractivity contribution in [3.63, 3.8) is 0 Å². The zero-order valence-corrected chi connectivity index (χ0v) is 8.59. The van der Waals surface area contributed by atoms with Crippen LogP contribution < -0.4 is 4.74 Å². The Morgan fingerprint density at radius 1 is 1.31 bits per heavy atom. The van der Waals surface area contributed by atoms with Gasteiger partial charge in [-0.3, -0.25) is 0 Å². The quantitative estimate of drug-likeness (QED) is 0.751. The molecule has 0 bridgehead atoms. The third-order valence-electron chi connectivity index (χ3n) is 1.94. The van der Waals surface area contributed by atoms with Crippen LogP contribution in [0.2, 0.25) is 0 Å². The van der Waals surface area contributed by atoms with Crippen LogP contribution in [0.3, 0.4) is 0 Å². The van der Waals surface area contributed by atoms with E-state index in [1.165, 1.54) is 0 Å². The Bertz CT molecular complexity index is 404. The third kappa shape index (κ3) is 2.10. The van der Waals surface area contributed by atoms with Crippen LogP contribution in [0.25, 0.3) is 0 Å². The minimum atomic E-state index is -3.94. The predicted molar refractivity (Wildman–Crippen MR) is 48.9 cm³/mol. The first-order chi connectivity index (χ1) is 7.43. The van der Waals surface area contributed by atoms with Crippen LogP contribution in [0.5, 0.6) is 5.75 Å². The summed E-state index contributed by atoms with van der Waals surface area (Å²) in [7, 11) is 1.96. The summed E-state index contributed by atoms with van der Waals surface area (Å²) in [6.45, 7) is 0. The number of hydrogen-bond donors (Lipinski definition) is 0. The number of hydrogen-bond acceptors (Lipinski definition) is 3. The Hall–Kier alpha value is -1.72. The summed E-state index contributed by atoms with van der Waals surface area (Å²) in [6.07, 6.45) is 0. The number of esters is 1. The van der Waals surface area contributed by atoms with Crippen LogP contribution in [-0.2, 0) is 15.5 Å². The average Bonchev–Trinajstić information content (AvgIpc) is 2.27. The fourth-order valence-corrected chi connectivity index (χ4v) is 1.16. The molecule has 0 N–H and O–H groups in total. The fraction of sp³-hybridized carbons (Fsp3) is 0.300. The van der Waals surface area contributed by atoms with Crippen molar-refractivity contribution in [3.05, 3.63) is 29.6 Å². The number of alkyl halides is 2. The SMILES string of the molecule is COC(=O)C(F)(F)c1cc(F)ccc1OC. The number of halogens is 3. The zero-order valence-electron chi connectivity index (χ0n) is 8.59. The van der Waals surface area contributed by atoms with Crippen molar-refractivity contribution in [3.8, 4) is 5.75 Å². The minimum absolute atomic E-state index is 0.281. The van der Waals surface area contributed by atoms with E-state index in [1.807, 2.05) is 0 Å². The van der Waals surface area contributed by atoms with Crippen molar-refractivity contribution in [1.82, 2.24) is 0 Å². The Morgan fingerprint density at radius 2 is 1.94 bits per heavy atom. The van der Waals surface area contributed by atoms with Crippen molar-refractivity contribution in [2.24, 2.45) is 0 Å². The highest BCUT2D eigenvalue weighted by atomic mass is 19.3. The smallest absolute Gasteiger partial charge is 0.381 e. The van der Waals surface area contributed by atoms with Gasteiger partial charge in [-0.2, -0.15) is 8.78 Å². The molecule has 0 aliphatic carbocycles. The van der Waals surface area contributed by atoms with Gasteiger partial charge in [-0.25, -0.2) is 9.18 Å². The first kappa shape index (κ1) is 12.4. The van der Waals surface area contributed by atoms with Crippen molar-refractivity contribution in [2.45, 2.75) is 5.92 Å². The molecular formula is C10H9F3O3. The molecule has 16 heavy (non-hydrogen) atoms. The third-order valence-corrected chi connectivity index (χ3v) is 1.94. The lowest BCUT2D eigenvalue weighted by Gasteiger charge is -2.16. The molecule has 0 radical (unpaired) electrons. The van der Waals surface area contributed by atoms with E-state index < -0.39 is 23.3 Å². The molecule has 0 spiro atoms. The van der Waals surface area contributed by atoms with E-state index in [4.69, 9.17) is 0 Å². The monoisotopic (exact) mass is 234 g/mol. The normalized spacial score (nSPS) is 11.1. The minimum Gasteiger partial charge on any atom is -0.496 e. The van der Waals surface area contributed by atoms with Crippen LogP contribution in [0.1, 0.15) is 5.56 Å². The summed E-state index contributed by atoms with van der Waals surface area (Å²) in [4.78, 5) is 10.9. The van der Waals surface area contributed by atoms with Crippen LogP contribution in [-0.4, -0.2) is 20.2 Å². The van der Waals surface area contributed by atoms with Crippen molar-refractivity contribution < 1.29 is 27.4 Å². The maximum absolute atomic E-state index is 13.5. The molecule has 6 heteroatoms. The summed E-state index contributed by atoms with van der Waals surface area (Å²) < 4.78 is 48.3. The first-order valence-corrected chi connectivity index (χ1v) is 4.23. The second kappa shape index (κ2) is 4.42. The van der Waals surface area contributed by atoms with E-state index in [0.717, 1.165) is 26.4 Å². The maximum atomic E-state index is 13.5. The van der Waals surface area contributed by atoms with Gasteiger partial charge in [-0.15, -0.1) is 0 Å². The van der Waals surface area contributed by atoms with Gasteiger partial charge < -0.3 is 9.47 Å². The Morgan fingerprint density at radius 3 is 2.44 bits per heavy atom. The molecule has 0 aliphatic rings. The molecule has 0 unspecified atom stereocenters. The predicted octanol–water partition coefficient (Wildman–Crippen LogP) is 2.10. The molecular weight excluding hydrogens is 225 g/mol. The van der Waals surface area contributed by atoms with Crippen molar-refractivity contribution in [2.75, 3.05) is 14.2 Å². The topological polar surface area (TPSA) is 35.5 Å². The second-order valence-electron chi connectivity index (χ2n) is 2.91. The van der Waals surface area contributed by atoms with Gasteiger partial charge >= 0.3 is 11.9 Å². The lowest BCUT2D eigenvalue weighted by molar-refractivity contribution is -0.170. The highest BCUT2D eigenvalue weighted by Gasteiger charge is 2.45. The molecule has 0 aliphatic heterocycles. The Labute approximate surface area is 89.8 Å². The zero-order chi connectivity index (χ0) is 12.3. The number of methoxy groups -OCH3 is 2. The number of carbonyl (C=O) groups is 1. The molecule has 0 saturated heterocycles. The van der Waals surface area contributed by atoms with Gasteiger partial charge in [0.25, 0.3) is 0 Å². The van der Waals surface area contributed by atoms with E-state index in [0.29, 0.717) is 6.07 Å². The van der Waals surface area contributed by atoms with Crippen LogP contribution in [0.4, 0.5) is 13.2 Å². The van der Waals surface area contributed by atoms with Crippen LogP contribution in [0.15, 0.2) is 18.2 Å². The molecule has 3 nitrogen and oxygen atoms in total. The number of benzene rings is 1. The molecule has 0 fully saturated rings. The number of ether oxygens (including phenoxy) is 2. The van der Waals surface area contributed by atoms with E-state index in [-0.39, 0.29) is 5.75 Å². The molecule has 1 rings (SSSR count). The highest BCUT2D eigenvalue weighted by molar-refractivity contribution is 5.80. The number of carbonyl (C=O) groups excluding carboxylic acids is 1. The average molecular weight is 234 g/mol. The van der Waals surface area contributed by atoms with E-state index in [1.54, 1.807) is 0 Å². The van der Waals surface area contributed by atoms with E-state index in [9.17, 15) is 18.0 Å². The van der Waals surface area contributed by atoms with Gasteiger partial charge in [0.15, 0.2) is 0 Å². The molecule has 0 atom stereocenters. The summed E-state index contributed by atoms with van der Waals surface area (Å²) >= 11 is 0. The van der Waals surface area contributed by atoms with E-state index >= 15 is 0 Å². The molecule has 0 aromatic heterocycles. The first-order valence-electron chi connectivity index (χ1n) is 4.23. The highest BCUT2D eigenvalue weighted by Crippen LogP contribution is 2.36. The standard InChI is InChI=1S/C10H9F3O3/c1-15-8-4-3-6(11)5-7(8)10(12,13)9(14)16-2/h3-5H,1-2H3. The molecule has 88 valence electrons. The van der Waals surface area contributed by atoms with Crippen molar-refractivity contribution in [1.29, 1.82) is 0 Å². The van der Waals surface area contributed by atoms with E-state index in [2.05, 4.69) is 9.47 Å². The summed E-state index contributed by atoms with van der Waals surface area (Å²) in [5, 5.41) is 0. The molecule has 0 saturated carbocycles. The molecule has 0 heterocycles. The summed E-state index contributed by atoms with van der Waals surface area (Å²) in [6, 6.07) is 2.51. The maximum Gasteiger partial charge on any atom is 0.381 e. The summed E-state index contributed by atoms with van der Waals surface area (Å²) in [5.74, 6) is -6.88. The lowest BCUT2D eigenvalue weighted by atomic mass is 10.1. The largest absolute Gasteiger partial charge is 0.496 e. The molecule has 0 amide bonds. The fourth-order valence-electron chi connectivity index (χ4n) is 1.16. The van der Waals surface area contributed by atoms with Gasteiger partial charge in [0, 0.05) is 0 Å². The van der Waals surface area contributed by atoms with Gasteiger partial charge in [-0.05, 0) is 18.2 Å². The van der Waals surface area contributed by atoms with Crippen molar-refractivity contribution >= 4 is 5.97 Å². The molecule has 1 aromatic rings.